The first-order valence-corrected chi connectivity index (χ1v) is 5.32. The lowest BCUT2D eigenvalue weighted by Crippen LogP contribution is -2.05. The third-order valence-corrected chi connectivity index (χ3v) is 2.86. The fourth-order valence-corrected chi connectivity index (χ4v) is 1.98. The zero-order chi connectivity index (χ0) is 11.8. The summed E-state index contributed by atoms with van der Waals surface area (Å²) in [5.41, 5.74) is 0.568. The largest absolute Gasteiger partial charge is 0.289 e. The van der Waals surface area contributed by atoms with Crippen molar-refractivity contribution < 1.29 is 0 Å². The molecule has 2 radical (unpaired) electrons. The van der Waals surface area contributed by atoms with Gasteiger partial charge in [-0.05, 0) is 16.8 Å². The molecular weight excluding hydrogens is 209 g/mol. The first kappa shape index (κ1) is 10.0. The highest BCUT2D eigenvalue weighted by atomic mass is 16.1. The maximum atomic E-state index is 12.3. The van der Waals surface area contributed by atoms with E-state index in [4.69, 9.17) is 7.85 Å². The Balaban J connectivity index is 2.65. The van der Waals surface area contributed by atoms with Gasteiger partial charge in [-0.1, -0.05) is 35.8 Å². The molecule has 78 valence electrons. The number of rotatable bonds is 0. The van der Waals surface area contributed by atoms with E-state index in [-0.39, 0.29) is 5.43 Å². The van der Waals surface area contributed by atoms with Gasteiger partial charge in [-0.2, -0.15) is 0 Å². The normalized spacial score (nSPS) is 10.8. The molecule has 0 saturated carbocycles. The first-order chi connectivity index (χ1) is 8.25. The number of aromatic nitrogens is 1. The Morgan fingerprint density at radius 2 is 1.65 bits per heavy atom. The maximum Gasteiger partial charge on any atom is 0.195 e. The van der Waals surface area contributed by atoms with Gasteiger partial charge in [0.1, 0.15) is 7.85 Å². The molecule has 0 bridgehead atoms. The van der Waals surface area contributed by atoms with Crippen LogP contribution in [-0.2, 0) is 0 Å². The Bertz CT molecular complexity index is 783. The number of hydrogen-bond acceptors (Lipinski definition) is 2. The summed E-state index contributed by atoms with van der Waals surface area (Å²) in [4.78, 5) is 16.3. The van der Waals surface area contributed by atoms with Crippen molar-refractivity contribution in [3.05, 3.63) is 59.0 Å². The molecule has 0 amide bonds. The van der Waals surface area contributed by atoms with Crippen LogP contribution in [0.15, 0.2) is 53.6 Å². The van der Waals surface area contributed by atoms with E-state index < -0.39 is 0 Å². The number of pyridine rings is 1. The van der Waals surface area contributed by atoms with Crippen molar-refractivity contribution >= 4 is 34.9 Å². The van der Waals surface area contributed by atoms with Gasteiger partial charge in [-0.15, -0.1) is 0 Å². The molecule has 0 aliphatic rings. The highest BCUT2D eigenvalue weighted by molar-refractivity contribution is 6.33. The summed E-state index contributed by atoms with van der Waals surface area (Å²) in [5, 5.41) is 3.03. The third kappa shape index (κ3) is 1.60. The van der Waals surface area contributed by atoms with Gasteiger partial charge in [0.05, 0.1) is 0 Å². The lowest BCUT2D eigenvalue weighted by molar-refractivity contribution is 1.36. The van der Waals surface area contributed by atoms with Crippen LogP contribution >= 0.6 is 0 Å². The van der Waals surface area contributed by atoms with Gasteiger partial charge >= 0.3 is 0 Å². The van der Waals surface area contributed by atoms with Crippen molar-refractivity contribution in [3.8, 4) is 0 Å². The molecule has 2 aromatic carbocycles. The number of hydrogen-bond donors (Lipinski definition) is 0. The Hall–Kier alpha value is -2.16. The number of benzene rings is 1. The molecule has 0 N–H and O–H groups in total. The molecule has 0 saturated heterocycles. The molecule has 0 aliphatic heterocycles. The fraction of sp³-hybridized carbons (Fsp3) is 0. The Kier molecular flexibility index (Phi) is 2.18. The lowest BCUT2D eigenvalue weighted by Gasteiger charge is -1.94. The molecule has 0 fully saturated rings. The predicted molar refractivity (Wildman–Crippen MR) is 70.9 cm³/mol. The van der Waals surface area contributed by atoms with Gasteiger partial charge in [-0.3, -0.25) is 9.78 Å². The molecule has 1 heterocycles. The van der Waals surface area contributed by atoms with Crippen molar-refractivity contribution in [2.24, 2.45) is 0 Å². The van der Waals surface area contributed by atoms with E-state index in [1.54, 1.807) is 24.5 Å². The smallest absolute Gasteiger partial charge is 0.195 e. The molecule has 0 atom stereocenters. The minimum Gasteiger partial charge on any atom is -0.289 e. The number of fused-ring (bicyclic) bond motifs is 2. The van der Waals surface area contributed by atoms with E-state index in [1.807, 2.05) is 24.3 Å². The Morgan fingerprint density at radius 1 is 0.941 bits per heavy atom. The van der Waals surface area contributed by atoms with Crippen molar-refractivity contribution in [2.45, 2.75) is 0 Å². The fourth-order valence-electron chi connectivity index (χ4n) is 1.98. The standard InChI is InChI=1S/C14H8BNO/c15-11-4-3-9-1-2-10-5-6-16-8-13(10)14(17)12(9)7-11/h1-8H. The van der Waals surface area contributed by atoms with Crippen molar-refractivity contribution in [1.29, 1.82) is 0 Å². The zero-order valence-corrected chi connectivity index (χ0v) is 9.05. The summed E-state index contributed by atoms with van der Waals surface area (Å²) in [7, 11) is 5.72. The summed E-state index contributed by atoms with van der Waals surface area (Å²) in [6.45, 7) is 0. The molecule has 3 rings (SSSR count). The molecule has 3 aromatic rings. The minimum atomic E-state index is -0.0274. The van der Waals surface area contributed by atoms with Gasteiger partial charge in [0, 0.05) is 23.2 Å². The van der Waals surface area contributed by atoms with Crippen molar-refractivity contribution in [1.82, 2.24) is 4.98 Å². The highest BCUT2D eigenvalue weighted by Crippen LogP contribution is 2.13. The minimum absolute atomic E-state index is 0.0274. The van der Waals surface area contributed by atoms with Crippen molar-refractivity contribution in [2.75, 3.05) is 0 Å². The summed E-state index contributed by atoms with van der Waals surface area (Å²) in [5.74, 6) is 0. The Labute approximate surface area is 99.3 Å². The summed E-state index contributed by atoms with van der Waals surface area (Å²) < 4.78 is 0. The lowest BCUT2D eigenvalue weighted by atomic mass is 9.94. The quantitative estimate of drug-likeness (QED) is 0.534. The van der Waals surface area contributed by atoms with Crippen LogP contribution in [0.25, 0.3) is 21.5 Å². The van der Waals surface area contributed by atoms with Crippen LogP contribution in [0.1, 0.15) is 0 Å². The highest BCUT2D eigenvalue weighted by Gasteiger charge is 2.01. The van der Waals surface area contributed by atoms with E-state index in [0.29, 0.717) is 16.2 Å². The molecular formula is C14H8BNO. The molecule has 3 heteroatoms. The van der Waals surface area contributed by atoms with Crippen LogP contribution in [-0.4, -0.2) is 12.8 Å². The first-order valence-electron chi connectivity index (χ1n) is 5.32. The second kappa shape index (κ2) is 3.70. The van der Waals surface area contributed by atoms with Gasteiger partial charge in [0.15, 0.2) is 5.43 Å². The monoisotopic (exact) mass is 217 g/mol. The summed E-state index contributed by atoms with van der Waals surface area (Å²) >= 11 is 0. The molecule has 17 heavy (non-hydrogen) atoms. The van der Waals surface area contributed by atoms with E-state index >= 15 is 0 Å². The van der Waals surface area contributed by atoms with Gasteiger partial charge in [-0.25, -0.2) is 0 Å². The van der Waals surface area contributed by atoms with E-state index in [9.17, 15) is 4.79 Å². The Morgan fingerprint density at radius 3 is 2.47 bits per heavy atom. The second-order valence-corrected chi connectivity index (χ2v) is 3.97. The molecule has 0 spiro atoms. The van der Waals surface area contributed by atoms with Crippen LogP contribution < -0.4 is 10.9 Å². The topological polar surface area (TPSA) is 30.0 Å². The van der Waals surface area contributed by atoms with E-state index in [2.05, 4.69) is 4.98 Å². The predicted octanol–water partition coefficient (Wildman–Crippen LogP) is 1.54. The van der Waals surface area contributed by atoms with Crippen molar-refractivity contribution in [3.63, 3.8) is 0 Å². The van der Waals surface area contributed by atoms with Gasteiger partial charge in [0.25, 0.3) is 0 Å². The van der Waals surface area contributed by atoms with Crippen LogP contribution in [0.3, 0.4) is 0 Å². The van der Waals surface area contributed by atoms with Crippen LogP contribution in [0.4, 0.5) is 0 Å². The average molecular weight is 217 g/mol. The third-order valence-electron chi connectivity index (χ3n) is 2.86. The molecule has 0 unspecified atom stereocenters. The zero-order valence-electron chi connectivity index (χ0n) is 9.05. The van der Waals surface area contributed by atoms with E-state index in [0.717, 1.165) is 10.8 Å². The van der Waals surface area contributed by atoms with Crippen LogP contribution in [0.2, 0.25) is 0 Å². The van der Waals surface area contributed by atoms with Crippen LogP contribution in [0, 0.1) is 0 Å². The van der Waals surface area contributed by atoms with Gasteiger partial charge in [0.2, 0.25) is 0 Å². The second-order valence-electron chi connectivity index (χ2n) is 3.97. The summed E-state index contributed by atoms with van der Waals surface area (Å²) in [6.07, 6.45) is 3.28. The van der Waals surface area contributed by atoms with E-state index in [1.165, 1.54) is 0 Å². The summed E-state index contributed by atoms with van der Waals surface area (Å²) in [6, 6.07) is 11.1. The SMILES string of the molecule is [B]c1ccc2ccc3ccncc3c(=O)c2c1. The molecule has 0 aliphatic carbocycles. The number of nitrogens with zero attached hydrogens (tertiary/aromatic N) is 1. The average Bonchev–Trinajstić information content (AvgIpc) is 2.49. The molecule has 1 aromatic heterocycles. The maximum absolute atomic E-state index is 12.3. The van der Waals surface area contributed by atoms with Crippen LogP contribution in [0.5, 0.6) is 0 Å². The van der Waals surface area contributed by atoms with Gasteiger partial charge < -0.3 is 0 Å². The molecule has 2 nitrogen and oxygen atoms in total.